The monoisotopic (exact) mass is 249 g/mol. The number of hydrogen-bond donors (Lipinski definition) is 2. The number of para-hydroxylation sites is 1. The zero-order chi connectivity index (χ0) is 12.4. The molecular formula is C12H15N3OS. The van der Waals surface area contributed by atoms with Gasteiger partial charge in [-0.3, -0.25) is 5.41 Å². The second kappa shape index (κ2) is 4.79. The maximum Gasteiger partial charge on any atom is 0.176 e. The fourth-order valence-electron chi connectivity index (χ4n) is 1.86. The zero-order valence-electron chi connectivity index (χ0n) is 9.84. The van der Waals surface area contributed by atoms with Gasteiger partial charge in [-0.25, -0.2) is 5.01 Å². The summed E-state index contributed by atoms with van der Waals surface area (Å²) in [7, 11) is 0. The third-order valence-electron chi connectivity index (χ3n) is 2.75. The highest BCUT2D eigenvalue weighted by molar-refractivity contribution is 8.13. The van der Waals surface area contributed by atoms with Gasteiger partial charge >= 0.3 is 0 Å². The molecule has 4 nitrogen and oxygen atoms in total. The minimum absolute atomic E-state index is 0.218. The third-order valence-corrected chi connectivity index (χ3v) is 3.35. The average molecular weight is 249 g/mol. The molecule has 1 heterocycles. The molecule has 1 atom stereocenters. The summed E-state index contributed by atoms with van der Waals surface area (Å²) in [6.07, 6.45) is 1.86. The number of phenols is 1. The molecule has 0 aliphatic carbocycles. The molecule has 1 aromatic rings. The van der Waals surface area contributed by atoms with Crippen LogP contribution in [0.3, 0.4) is 0 Å². The van der Waals surface area contributed by atoms with Crippen molar-refractivity contribution in [3.05, 3.63) is 29.8 Å². The maximum absolute atomic E-state index is 9.81. The van der Waals surface area contributed by atoms with Gasteiger partial charge in [0.15, 0.2) is 5.17 Å². The van der Waals surface area contributed by atoms with Crippen molar-refractivity contribution in [2.45, 2.75) is 6.92 Å². The van der Waals surface area contributed by atoms with E-state index >= 15 is 0 Å². The summed E-state index contributed by atoms with van der Waals surface area (Å²) in [4.78, 5) is 0. The van der Waals surface area contributed by atoms with Crippen LogP contribution >= 0.6 is 11.8 Å². The Kier molecular flexibility index (Phi) is 3.38. The summed E-state index contributed by atoms with van der Waals surface area (Å²) in [5.74, 6) is 0.464. The van der Waals surface area contributed by atoms with Crippen LogP contribution in [-0.4, -0.2) is 33.8 Å². The second-order valence-corrected chi connectivity index (χ2v) is 4.79. The van der Waals surface area contributed by atoms with E-state index < -0.39 is 0 Å². The number of rotatable bonds is 1. The van der Waals surface area contributed by atoms with Crippen LogP contribution in [0.4, 0.5) is 0 Å². The van der Waals surface area contributed by atoms with Gasteiger partial charge in [0.2, 0.25) is 0 Å². The van der Waals surface area contributed by atoms with Crippen molar-refractivity contribution in [2.75, 3.05) is 12.8 Å². The van der Waals surface area contributed by atoms with Crippen molar-refractivity contribution in [1.29, 1.82) is 5.41 Å². The number of thioether (sulfide) groups is 1. The lowest BCUT2D eigenvalue weighted by Crippen LogP contribution is -2.21. The topological polar surface area (TPSA) is 59.7 Å². The summed E-state index contributed by atoms with van der Waals surface area (Å²) in [6, 6.07) is 7.19. The number of phenolic OH excluding ortho intramolecular Hbond substituents is 1. The fourth-order valence-corrected chi connectivity index (χ4v) is 2.18. The molecular weight excluding hydrogens is 234 g/mol. The van der Waals surface area contributed by atoms with Gasteiger partial charge in [0, 0.05) is 11.5 Å². The lowest BCUT2D eigenvalue weighted by atomic mass is 9.99. The van der Waals surface area contributed by atoms with Crippen LogP contribution in [0.25, 0.3) is 0 Å². The number of aromatic hydroxyl groups is 1. The fraction of sp³-hybridized carbons (Fsp3) is 0.333. The van der Waals surface area contributed by atoms with Crippen LogP contribution in [-0.2, 0) is 0 Å². The van der Waals surface area contributed by atoms with Crippen molar-refractivity contribution in [3.8, 4) is 5.75 Å². The number of nitrogens with zero attached hydrogens (tertiary/aromatic N) is 2. The van der Waals surface area contributed by atoms with E-state index in [1.54, 1.807) is 17.1 Å². The van der Waals surface area contributed by atoms with Gasteiger partial charge in [0.25, 0.3) is 0 Å². The van der Waals surface area contributed by atoms with Gasteiger partial charge in [0.05, 0.1) is 12.3 Å². The number of nitrogens with one attached hydrogen (secondary N) is 1. The smallest absolute Gasteiger partial charge is 0.176 e. The number of hydrogen-bond acceptors (Lipinski definition) is 4. The molecule has 0 aromatic heterocycles. The second-order valence-electron chi connectivity index (χ2n) is 3.99. The molecule has 0 fully saturated rings. The van der Waals surface area contributed by atoms with Gasteiger partial charge < -0.3 is 5.11 Å². The molecule has 1 aliphatic heterocycles. The Morgan fingerprint density at radius 3 is 2.88 bits per heavy atom. The molecule has 1 aromatic carbocycles. The summed E-state index contributed by atoms with van der Waals surface area (Å²) in [6.45, 7) is 2.75. The summed E-state index contributed by atoms with van der Waals surface area (Å²) >= 11 is 1.37. The molecule has 2 rings (SSSR count). The van der Waals surface area contributed by atoms with E-state index in [4.69, 9.17) is 5.41 Å². The Morgan fingerprint density at radius 1 is 1.53 bits per heavy atom. The maximum atomic E-state index is 9.81. The predicted molar refractivity (Wildman–Crippen MR) is 71.8 cm³/mol. The molecule has 1 aliphatic rings. The molecule has 1 unspecified atom stereocenters. The van der Waals surface area contributed by atoms with E-state index in [1.807, 2.05) is 18.4 Å². The first-order valence-electron chi connectivity index (χ1n) is 5.40. The standard InChI is InChI=1S/C12H15N3OS/c1-8-7-15(12(13)17-2)14-11(8)9-5-3-4-6-10(9)16/h3-6,8,13,16H,7H2,1-2H3. The van der Waals surface area contributed by atoms with E-state index in [0.29, 0.717) is 11.7 Å². The van der Waals surface area contributed by atoms with E-state index in [2.05, 4.69) is 12.0 Å². The molecule has 0 saturated carbocycles. The number of benzene rings is 1. The van der Waals surface area contributed by atoms with Crippen LogP contribution in [0.15, 0.2) is 29.4 Å². The first-order chi connectivity index (χ1) is 8.13. The molecule has 0 amide bonds. The molecule has 17 heavy (non-hydrogen) atoms. The van der Waals surface area contributed by atoms with Crippen LogP contribution in [0.2, 0.25) is 0 Å². The van der Waals surface area contributed by atoms with Gasteiger partial charge in [-0.05, 0) is 18.4 Å². The van der Waals surface area contributed by atoms with Gasteiger partial charge in [-0.1, -0.05) is 30.8 Å². The van der Waals surface area contributed by atoms with Crippen molar-refractivity contribution >= 4 is 22.6 Å². The molecule has 0 bridgehead atoms. The summed E-state index contributed by atoms with van der Waals surface area (Å²) < 4.78 is 0. The van der Waals surface area contributed by atoms with Crippen LogP contribution in [0, 0.1) is 11.3 Å². The lowest BCUT2D eigenvalue weighted by Gasteiger charge is -2.12. The molecule has 2 N–H and O–H groups in total. The quantitative estimate of drug-likeness (QED) is 0.593. The highest BCUT2D eigenvalue weighted by atomic mass is 32.2. The highest BCUT2D eigenvalue weighted by Crippen LogP contribution is 2.26. The largest absolute Gasteiger partial charge is 0.507 e. The Balaban J connectivity index is 2.33. The van der Waals surface area contributed by atoms with Gasteiger partial charge in [-0.15, -0.1) is 0 Å². The Morgan fingerprint density at radius 2 is 2.24 bits per heavy atom. The minimum Gasteiger partial charge on any atom is -0.507 e. The SMILES string of the molecule is CSC(=N)N1CC(C)C(c2ccccc2O)=N1. The molecule has 0 saturated heterocycles. The molecule has 5 heteroatoms. The predicted octanol–water partition coefficient (Wildman–Crippen LogP) is 2.35. The van der Waals surface area contributed by atoms with Crippen LogP contribution in [0.1, 0.15) is 12.5 Å². The van der Waals surface area contributed by atoms with Gasteiger partial charge in [-0.2, -0.15) is 5.10 Å². The Hall–Kier alpha value is -1.49. The van der Waals surface area contributed by atoms with Crippen molar-refractivity contribution < 1.29 is 5.11 Å². The third kappa shape index (κ3) is 2.29. The van der Waals surface area contributed by atoms with Gasteiger partial charge in [0.1, 0.15) is 5.75 Å². The molecule has 0 radical (unpaired) electrons. The zero-order valence-corrected chi connectivity index (χ0v) is 10.7. The van der Waals surface area contributed by atoms with Crippen LogP contribution in [0.5, 0.6) is 5.75 Å². The van der Waals surface area contributed by atoms with E-state index in [9.17, 15) is 5.11 Å². The van der Waals surface area contributed by atoms with E-state index in [0.717, 1.165) is 11.3 Å². The average Bonchev–Trinajstić information content (AvgIpc) is 2.71. The molecule has 0 spiro atoms. The number of amidine groups is 1. The normalized spacial score (nSPS) is 19.3. The van der Waals surface area contributed by atoms with Crippen molar-refractivity contribution in [3.63, 3.8) is 0 Å². The van der Waals surface area contributed by atoms with Crippen molar-refractivity contribution in [2.24, 2.45) is 11.0 Å². The summed E-state index contributed by atoms with van der Waals surface area (Å²) in [5, 5.41) is 24.1. The van der Waals surface area contributed by atoms with Crippen LogP contribution < -0.4 is 0 Å². The number of hydrazone groups is 1. The lowest BCUT2D eigenvalue weighted by molar-refractivity contribution is 0.462. The molecule has 90 valence electrons. The highest BCUT2D eigenvalue weighted by Gasteiger charge is 2.27. The first-order valence-corrected chi connectivity index (χ1v) is 6.63. The minimum atomic E-state index is 0.218. The first kappa shape index (κ1) is 12.0. The van der Waals surface area contributed by atoms with E-state index in [-0.39, 0.29) is 11.7 Å². The van der Waals surface area contributed by atoms with E-state index in [1.165, 1.54) is 11.8 Å². The van der Waals surface area contributed by atoms with Crippen molar-refractivity contribution in [1.82, 2.24) is 5.01 Å². The Bertz CT molecular complexity index is 473. The Labute approximate surface area is 105 Å². The summed E-state index contributed by atoms with van der Waals surface area (Å²) in [5.41, 5.74) is 1.61.